The van der Waals surface area contributed by atoms with Crippen molar-refractivity contribution < 1.29 is 9.84 Å². The van der Waals surface area contributed by atoms with Crippen LogP contribution in [-0.4, -0.2) is 12.2 Å². The number of hydrogen-bond acceptors (Lipinski definition) is 2. The summed E-state index contributed by atoms with van der Waals surface area (Å²) in [6.07, 6.45) is 0. The highest BCUT2D eigenvalue weighted by Crippen LogP contribution is 2.28. The molecule has 0 amide bonds. The first kappa shape index (κ1) is 9.65. The fourth-order valence-corrected chi connectivity index (χ4v) is 1.35. The van der Waals surface area contributed by atoms with Crippen LogP contribution in [-0.2, 0) is 0 Å². The fourth-order valence-electron chi connectivity index (χ4n) is 0.828. The molecule has 0 aliphatic carbocycles. The number of benzene rings is 1. The summed E-state index contributed by atoms with van der Waals surface area (Å²) in [4.78, 5) is 0. The van der Waals surface area contributed by atoms with E-state index in [1.807, 2.05) is 0 Å². The second-order valence-corrected chi connectivity index (χ2v) is 3.04. The Labute approximate surface area is 80.7 Å². The van der Waals surface area contributed by atoms with E-state index in [1.165, 1.54) is 0 Å². The van der Waals surface area contributed by atoms with Gasteiger partial charge in [0.15, 0.2) is 5.56 Å². The van der Waals surface area contributed by atoms with Crippen LogP contribution < -0.4 is 4.74 Å². The van der Waals surface area contributed by atoms with Crippen LogP contribution in [0.1, 0.15) is 11.1 Å². The first-order valence-corrected chi connectivity index (χ1v) is 4.12. The van der Waals surface area contributed by atoms with E-state index in [4.69, 9.17) is 33.0 Å². The third-order valence-corrected chi connectivity index (χ3v) is 2.03. The molecule has 0 saturated carbocycles. The van der Waals surface area contributed by atoms with Crippen molar-refractivity contribution in [2.75, 3.05) is 7.11 Å². The summed E-state index contributed by atoms with van der Waals surface area (Å²) in [7, 11) is 1.54. The van der Waals surface area contributed by atoms with Gasteiger partial charge in [-0.1, -0.05) is 23.2 Å². The monoisotopic (exact) mass is 206 g/mol. The van der Waals surface area contributed by atoms with Crippen LogP contribution in [0.2, 0.25) is 5.02 Å². The molecule has 66 valence electrons. The molecule has 0 spiro atoms. The third-order valence-electron chi connectivity index (χ3n) is 1.46. The first-order valence-electron chi connectivity index (χ1n) is 3.30. The molecule has 0 saturated heterocycles. The van der Waals surface area contributed by atoms with E-state index in [-0.39, 0.29) is 0 Å². The third kappa shape index (κ3) is 2.03. The SMILES string of the molecule is COc1ccc(C(O)Cl)c(Cl)c1. The minimum Gasteiger partial charge on any atom is -0.497 e. The van der Waals surface area contributed by atoms with Crippen LogP contribution >= 0.6 is 23.2 Å². The van der Waals surface area contributed by atoms with Crippen LogP contribution in [0.3, 0.4) is 0 Å². The molecular weight excluding hydrogens is 199 g/mol. The lowest BCUT2D eigenvalue weighted by Gasteiger charge is -2.06. The van der Waals surface area contributed by atoms with E-state index < -0.39 is 5.56 Å². The van der Waals surface area contributed by atoms with Crippen LogP contribution in [0.5, 0.6) is 5.75 Å². The molecule has 0 aliphatic heterocycles. The highest BCUT2D eigenvalue weighted by atomic mass is 35.5. The van der Waals surface area contributed by atoms with E-state index in [0.29, 0.717) is 16.3 Å². The molecule has 1 atom stereocenters. The predicted octanol–water partition coefficient (Wildman–Crippen LogP) is 2.58. The Bertz CT molecular complexity index is 274. The topological polar surface area (TPSA) is 29.5 Å². The Balaban J connectivity index is 3.03. The van der Waals surface area contributed by atoms with Gasteiger partial charge in [0.2, 0.25) is 0 Å². The molecule has 0 bridgehead atoms. The molecule has 1 rings (SSSR count). The van der Waals surface area contributed by atoms with Gasteiger partial charge in [-0.25, -0.2) is 0 Å². The molecule has 0 radical (unpaired) electrons. The van der Waals surface area contributed by atoms with Gasteiger partial charge in [0.05, 0.1) is 12.1 Å². The number of halogens is 2. The zero-order valence-corrected chi connectivity index (χ0v) is 7.93. The molecule has 1 N–H and O–H groups in total. The molecule has 4 heteroatoms. The lowest BCUT2D eigenvalue weighted by atomic mass is 10.2. The Morgan fingerprint density at radius 3 is 2.58 bits per heavy atom. The molecule has 2 nitrogen and oxygen atoms in total. The van der Waals surface area contributed by atoms with Crippen LogP contribution in [0.25, 0.3) is 0 Å². The molecule has 0 aromatic heterocycles. The van der Waals surface area contributed by atoms with Gasteiger partial charge >= 0.3 is 0 Å². The molecule has 0 aliphatic rings. The zero-order valence-electron chi connectivity index (χ0n) is 6.42. The number of aliphatic hydroxyl groups is 1. The second-order valence-electron chi connectivity index (χ2n) is 2.22. The Morgan fingerprint density at radius 2 is 2.17 bits per heavy atom. The average molecular weight is 207 g/mol. The van der Waals surface area contributed by atoms with Crippen LogP contribution in [0.15, 0.2) is 18.2 Å². The van der Waals surface area contributed by atoms with Crippen LogP contribution in [0, 0.1) is 0 Å². The van der Waals surface area contributed by atoms with Gasteiger partial charge in [-0.15, -0.1) is 0 Å². The zero-order chi connectivity index (χ0) is 9.14. The number of hydrogen-bond donors (Lipinski definition) is 1. The predicted molar refractivity (Wildman–Crippen MR) is 48.8 cm³/mol. The summed E-state index contributed by atoms with van der Waals surface area (Å²) >= 11 is 11.2. The van der Waals surface area contributed by atoms with Crippen molar-refractivity contribution in [2.24, 2.45) is 0 Å². The van der Waals surface area contributed by atoms with Crippen molar-refractivity contribution in [1.82, 2.24) is 0 Å². The number of rotatable bonds is 2. The highest BCUT2D eigenvalue weighted by Gasteiger charge is 2.08. The maximum Gasteiger partial charge on any atom is 0.154 e. The van der Waals surface area contributed by atoms with Gasteiger partial charge in [0.1, 0.15) is 5.75 Å². The lowest BCUT2D eigenvalue weighted by molar-refractivity contribution is 0.263. The van der Waals surface area contributed by atoms with Gasteiger partial charge < -0.3 is 9.84 Å². The van der Waals surface area contributed by atoms with E-state index in [2.05, 4.69) is 0 Å². The van der Waals surface area contributed by atoms with E-state index in [9.17, 15) is 0 Å². The minimum atomic E-state index is -1.07. The summed E-state index contributed by atoms with van der Waals surface area (Å²) in [5.74, 6) is 0.640. The molecule has 0 heterocycles. The summed E-state index contributed by atoms with van der Waals surface area (Å²) in [5.41, 5.74) is -0.581. The normalized spacial score (nSPS) is 12.7. The average Bonchev–Trinajstić information content (AvgIpc) is 2.03. The van der Waals surface area contributed by atoms with Crippen molar-refractivity contribution in [3.05, 3.63) is 28.8 Å². The molecule has 1 aromatic carbocycles. The van der Waals surface area contributed by atoms with Crippen molar-refractivity contribution >= 4 is 23.2 Å². The van der Waals surface area contributed by atoms with Crippen molar-refractivity contribution in [3.8, 4) is 5.75 Å². The molecule has 12 heavy (non-hydrogen) atoms. The Hall–Kier alpha value is -0.440. The Morgan fingerprint density at radius 1 is 1.50 bits per heavy atom. The fraction of sp³-hybridized carbons (Fsp3) is 0.250. The molecule has 1 unspecified atom stereocenters. The van der Waals surface area contributed by atoms with Gasteiger partial charge in [0, 0.05) is 5.56 Å². The summed E-state index contributed by atoms with van der Waals surface area (Å²) < 4.78 is 4.92. The van der Waals surface area contributed by atoms with Crippen molar-refractivity contribution in [2.45, 2.75) is 5.56 Å². The number of methoxy groups -OCH3 is 1. The quantitative estimate of drug-likeness (QED) is 0.755. The Kier molecular flexibility index (Phi) is 3.20. The summed E-state index contributed by atoms with van der Waals surface area (Å²) in [6, 6.07) is 4.91. The maximum absolute atomic E-state index is 9.01. The van der Waals surface area contributed by atoms with Gasteiger partial charge in [0.25, 0.3) is 0 Å². The van der Waals surface area contributed by atoms with Crippen LogP contribution in [0.4, 0.5) is 0 Å². The molecular formula is C8H8Cl2O2. The molecule has 0 fully saturated rings. The standard InChI is InChI=1S/C8H8Cl2O2/c1-12-5-2-3-6(8(10)11)7(9)4-5/h2-4,8,11H,1H3. The largest absolute Gasteiger partial charge is 0.497 e. The summed E-state index contributed by atoms with van der Waals surface area (Å²) in [5, 5.41) is 9.41. The minimum absolute atomic E-state index is 0.400. The van der Waals surface area contributed by atoms with Gasteiger partial charge in [-0.3, -0.25) is 0 Å². The van der Waals surface area contributed by atoms with E-state index in [1.54, 1.807) is 25.3 Å². The van der Waals surface area contributed by atoms with E-state index >= 15 is 0 Å². The number of ether oxygens (including phenoxy) is 1. The smallest absolute Gasteiger partial charge is 0.154 e. The summed E-state index contributed by atoms with van der Waals surface area (Å²) in [6.45, 7) is 0. The van der Waals surface area contributed by atoms with Gasteiger partial charge in [-0.2, -0.15) is 0 Å². The van der Waals surface area contributed by atoms with Crippen molar-refractivity contribution in [3.63, 3.8) is 0 Å². The van der Waals surface area contributed by atoms with E-state index in [0.717, 1.165) is 0 Å². The number of aliphatic hydroxyl groups excluding tert-OH is 1. The highest BCUT2D eigenvalue weighted by molar-refractivity contribution is 6.32. The second kappa shape index (κ2) is 3.99. The number of alkyl halides is 1. The lowest BCUT2D eigenvalue weighted by Crippen LogP contribution is -1.90. The first-order chi connectivity index (χ1) is 5.65. The van der Waals surface area contributed by atoms with Gasteiger partial charge in [-0.05, 0) is 18.2 Å². The molecule has 1 aromatic rings. The van der Waals surface area contributed by atoms with Crippen molar-refractivity contribution in [1.29, 1.82) is 0 Å². The maximum atomic E-state index is 9.01.